The first-order valence-electron chi connectivity index (χ1n) is 6.34. The van der Waals surface area contributed by atoms with Gasteiger partial charge in [-0.3, -0.25) is 0 Å². The van der Waals surface area contributed by atoms with Crippen LogP contribution < -0.4 is 4.74 Å². The summed E-state index contributed by atoms with van der Waals surface area (Å²) in [4.78, 5) is 10.7. The molecule has 1 rings (SSSR count). The summed E-state index contributed by atoms with van der Waals surface area (Å²) >= 11 is 6.98. The molecule has 0 saturated carbocycles. The number of carboxylic acid groups (broad SMARTS) is 1. The predicted octanol–water partition coefficient (Wildman–Crippen LogP) is 5.13. The van der Waals surface area contributed by atoms with E-state index < -0.39 is 5.97 Å². The second kappa shape index (κ2) is 7.84. The summed E-state index contributed by atoms with van der Waals surface area (Å²) in [5.41, 5.74) is 1.46. The Hall–Kier alpha value is -0.810. The smallest absolute Gasteiger partial charge is 0.330 e. The van der Waals surface area contributed by atoms with E-state index in [1.807, 2.05) is 12.1 Å². The van der Waals surface area contributed by atoms with Gasteiger partial charge in [-0.05, 0) is 46.5 Å². The predicted molar refractivity (Wildman–Crippen MR) is 87.4 cm³/mol. The van der Waals surface area contributed by atoms with Crippen LogP contribution >= 0.6 is 31.9 Å². The summed E-state index contributed by atoms with van der Waals surface area (Å²) in [5.74, 6) is 0.275. The number of ether oxygens (including phenoxy) is 1. The number of carboxylic acids is 1. The van der Waals surface area contributed by atoms with Crippen LogP contribution in [0.1, 0.15) is 38.7 Å². The average molecular weight is 406 g/mol. The fourth-order valence-electron chi connectivity index (χ4n) is 1.69. The van der Waals surface area contributed by atoms with Gasteiger partial charge in [0.25, 0.3) is 0 Å². The highest BCUT2D eigenvalue weighted by molar-refractivity contribution is 9.11. The molecular formula is C15H18Br2O3. The number of rotatable bonds is 6. The minimum atomic E-state index is -0.891. The Morgan fingerprint density at radius 3 is 2.60 bits per heavy atom. The molecule has 0 saturated heterocycles. The zero-order valence-electron chi connectivity index (χ0n) is 11.7. The van der Waals surface area contributed by atoms with Gasteiger partial charge in [0.2, 0.25) is 0 Å². The molecule has 0 aliphatic carbocycles. The van der Waals surface area contributed by atoms with Gasteiger partial charge in [0, 0.05) is 16.5 Å². The maximum absolute atomic E-state index is 10.7. The van der Waals surface area contributed by atoms with Gasteiger partial charge < -0.3 is 9.84 Å². The maximum atomic E-state index is 10.7. The molecule has 0 atom stereocenters. The molecule has 0 heterocycles. The molecule has 0 fully saturated rings. The van der Waals surface area contributed by atoms with Crippen LogP contribution in [0.15, 0.2) is 32.7 Å². The highest BCUT2D eigenvalue weighted by Crippen LogP contribution is 2.36. The van der Waals surface area contributed by atoms with Crippen molar-refractivity contribution in [2.45, 2.75) is 33.1 Å². The van der Waals surface area contributed by atoms with Crippen LogP contribution in [0, 0.1) is 0 Å². The van der Waals surface area contributed by atoms with Crippen molar-refractivity contribution in [3.8, 4) is 5.75 Å². The van der Waals surface area contributed by atoms with Crippen molar-refractivity contribution in [2.24, 2.45) is 0 Å². The Bertz CT molecular complexity index is 522. The third-order valence-electron chi connectivity index (χ3n) is 2.81. The summed E-state index contributed by atoms with van der Waals surface area (Å²) in [6, 6.07) is 3.99. The second-order valence-electron chi connectivity index (χ2n) is 4.79. The normalized spacial score (nSPS) is 11.8. The first kappa shape index (κ1) is 17.2. The van der Waals surface area contributed by atoms with Gasteiger partial charge in [-0.25, -0.2) is 4.79 Å². The third kappa shape index (κ3) is 4.94. The summed E-state index contributed by atoms with van der Waals surface area (Å²) in [5, 5.41) is 8.77. The summed E-state index contributed by atoms with van der Waals surface area (Å²) < 4.78 is 7.71. The zero-order chi connectivity index (χ0) is 15.3. The number of halogens is 2. The highest BCUT2D eigenvalue weighted by Gasteiger charge is 2.13. The van der Waals surface area contributed by atoms with Crippen LogP contribution in [0.25, 0.3) is 0 Å². The van der Waals surface area contributed by atoms with Crippen molar-refractivity contribution in [3.05, 3.63) is 38.3 Å². The summed E-state index contributed by atoms with van der Waals surface area (Å²) in [6.07, 6.45) is 2.24. The SMILES string of the molecule is C/C(=C\CCOc1c(Br)cc(Br)cc1C(C)C)C(=O)O. The van der Waals surface area contributed by atoms with Crippen LogP contribution in [-0.4, -0.2) is 17.7 Å². The molecule has 5 heteroatoms. The van der Waals surface area contributed by atoms with Gasteiger partial charge in [-0.1, -0.05) is 35.9 Å². The monoisotopic (exact) mass is 404 g/mol. The van der Waals surface area contributed by atoms with E-state index in [0.717, 1.165) is 20.3 Å². The molecule has 20 heavy (non-hydrogen) atoms. The van der Waals surface area contributed by atoms with Crippen LogP contribution in [0.4, 0.5) is 0 Å². The first-order chi connectivity index (χ1) is 9.32. The lowest BCUT2D eigenvalue weighted by atomic mass is 10.0. The first-order valence-corrected chi connectivity index (χ1v) is 7.93. The average Bonchev–Trinajstić information content (AvgIpc) is 2.35. The quantitative estimate of drug-likeness (QED) is 0.526. The lowest BCUT2D eigenvalue weighted by Gasteiger charge is -2.16. The van der Waals surface area contributed by atoms with E-state index in [-0.39, 0.29) is 0 Å². The van der Waals surface area contributed by atoms with E-state index >= 15 is 0 Å². The van der Waals surface area contributed by atoms with Crippen LogP contribution in [0.5, 0.6) is 5.75 Å². The van der Waals surface area contributed by atoms with E-state index in [2.05, 4.69) is 45.7 Å². The van der Waals surface area contributed by atoms with Gasteiger partial charge in [-0.15, -0.1) is 0 Å². The lowest BCUT2D eigenvalue weighted by molar-refractivity contribution is -0.132. The highest BCUT2D eigenvalue weighted by atomic mass is 79.9. The van der Waals surface area contributed by atoms with E-state index in [0.29, 0.717) is 24.5 Å². The molecule has 3 nitrogen and oxygen atoms in total. The fraction of sp³-hybridized carbons (Fsp3) is 0.400. The molecule has 110 valence electrons. The maximum Gasteiger partial charge on any atom is 0.330 e. The molecule has 0 aliphatic heterocycles. The molecule has 0 aromatic heterocycles. The lowest BCUT2D eigenvalue weighted by Crippen LogP contribution is -2.03. The number of hydrogen-bond donors (Lipinski definition) is 1. The second-order valence-corrected chi connectivity index (χ2v) is 6.56. The Morgan fingerprint density at radius 2 is 2.05 bits per heavy atom. The van der Waals surface area contributed by atoms with E-state index in [1.54, 1.807) is 13.0 Å². The van der Waals surface area contributed by atoms with Crippen molar-refractivity contribution in [2.75, 3.05) is 6.61 Å². The molecule has 1 N–H and O–H groups in total. The van der Waals surface area contributed by atoms with E-state index in [1.165, 1.54) is 0 Å². The number of benzene rings is 1. The van der Waals surface area contributed by atoms with Crippen molar-refractivity contribution in [3.63, 3.8) is 0 Å². The third-order valence-corrected chi connectivity index (χ3v) is 3.86. The van der Waals surface area contributed by atoms with Crippen LogP contribution in [0.3, 0.4) is 0 Å². The molecule has 0 unspecified atom stereocenters. The van der Waals surface area contributed by atoms with E-state index in [9.17, 15) is 4.79 Å². The van der Waals surface area contributed by atoms with Crippen molar-refractivity contribution in [1.82, 2.24) is 0 Å². The largest absolute Gasteiger partial charge is 0.492 e. The molecule has 0 radical (unpaired) electrons. The van der Waals surface area contributed by atoms with Crippen LogP contribution in [-0.2, 0) is 4.79 Å². The minimum Gasteiger partial charge on any atom is -0.492 e. The van der Waals surface area contributed by atoms with Crippen molar-refractivity contribution >= 4 is 37.8 Å². The van der Waals surface area contributed by atoms with E-state index in [4.69, 9.17) is 9.84 Å². The van der Waals surface area contributed by atoms with Crippen molar-refractivity contribution in [1.29, 1.82) is 0 Å². The minimum absolute atomic E-state index is 0.340. The molecule has 0 aliphatic rings. The zero-order valence-corrected chi connectivity index (χ0v) is 14.9. The van der Waals surface area contributed by atoms with Gasteiger partial charge in [0.15, 0.2) is 0 Å². The molecule has 0 spiro atoms. The van der Waals surface area contributed by atoms with Gasteiger partial charge in [-0.2, -0.15) is 0 Å². The van der Waals surface area contributed by atoms with Crippen LogP contribution in [0.2, 0.25) is 0 Å². The molecule has 1 aromatic rings. The number of carbonyl (C=O) groups is 1. The number of aliphatic carboxylic acids is 1. The summed E-state index contributed by atoms with van der Waals surface area (Å²) in [6.45, 7) is 6.24. The molecular weight excluding hydrogens is 388 g/mol. The van der Waals surface area contributed by atoms with Crippen molar-refractivity contribution < 1.29 is 14.6 Å². The fourth-order valence-corrected chi connectivity index (χ4v) is 3.06. The molecule has 0 amide bonds. The standard InChI is InChI=1S/C15H18Br2O3/c1-9(2)12-7-11(16)8-13(17)14(12)20-6-4-5-10(3)15(18)19/h5,7-9H,4,6H2,1-3H3,(H,18,19)/b10-5+. The van der Waals surface area contributed by atoms with Gasteiger partial charge in [0.1, 0.15) is 5.75 Å². The molecule has 0 bridgehead atoms. The number of hydrogen-bond acceptors (Lipinski definition) is 2. The topological polar surface area (TPSA) is 46.5 Å². The Balaban J connectivity index is 2.78. The Kier molecular flexibility index (Phi) is 6.76. The Morgan fingerprint density at radius 1 is 1.40 bits per heavy atom. The summed E-state index contributed by atoms with van der Waals surface area (Å²) in [7, 11) is 0. The molecule has 1 aromatic carbocycles. The van der Waals surface area contributed by atoms with Gasteiger partial charge >= 0.3 is 5.97 Å². The van der Waals surface area contributed by atoms with Gasteiger partial charge in [0.05, 0.1) is 11.1 Å². The Labute approximate surface area is 136 Å².